The molecular weight excluding hydrogens is 560 g/mol. The monoisotopic (exact) mass is 579 g/mol. The maximum Gasteiger partial charge on any atom is 0.439 e. The number of nitrogens with one attached hydrogen (secondary N) is 3. The average molecular weight is 579 g/mol. The molecule has 0 atom stereocenters. The summed E-state index contributed by atoms with van der Waals surface area (Å²) in [7, 11) is -1.97. The lowest BCUT2D eigenvalue weighted by Gasteiger charge is -2.39. The van der Waals surface area contributed by atoms with Crippen molar-refractivity contribution in [1.82, 2.24) is 15.3 Å². The maximum absolute atomic E-state index is 13.9. The molecule has 3 N–H and O–H groups in total. The second kappa shape index (κ2) is 10.8. The molecule has 1 aromatic heterocycles. The first-order valence-electron chi connectivity index (χ1n) is 10.5. The van der Waals surface area contributed by atoms with E-state index < -0.39 is 50.1 Å². The second-order valence-electron chi connectivity index (χ2n) is 7.60. The lowest BCUT2D eigenvalue weighted by molar-refractivity contribution is -0.294. The van der Waals surface area contributed by atoms with E-state index in [2.05, 4.69) is 14.7 Å². The summed E-state index contributed by atoms with van der Waals surface area (Å²) < 4.78 is 121. The van der Waals surface area contributed by atoms with Crippen molar-refractivity contribution in [3.63, 3.8) is 0 Å². The predicted octanol–water partition coefficient (Wildman–Crippen LogP) is 3.96. The number of halogens is 6. The van der Waals surface area contributed by atoms with Crippen LogP contribution in [0.1, 0.15) is 10.4 Å². The number of carbonyl (C=O) groups excluding carboxylic acids is 1. The van der Waals surface area contributed by atoms with Gasteiger partial charge in [-0.25, -0.2) is 8.42 Å². The Labute approximate surface area is 217 Å². The van der Waals surface area contributed by atoms with Crippen LogP contribution < -0.4 is 24.8 Å². The van der Waals surface area contributed by atoms with Crippen LogP contribution in [0.4, 0.5) is 37.8 Å². The SMILES string of the molecule is COc1cc(NS(=O)(=O)c2ccc(NC(NC(=O)c3ccccc3)(C(F)(F)F)C(F)(F)F)cc2)nc(OC)n1. The van der Waals surface area contributed by atoms with Gasteiger partial charge in [-0.15, -0.1) is 0 Å². The quantitative estimate of drug-likeness (QED) is 0.257. The highest BCUT2D eigenvalue weighted by Crippen LogP contribution is 2.44. The molecule has 210 valence electrons. The second-order valence-corrected chi connectivity index (χ2v) is 9.29. The van der Waals surface area contributed by atoms with E-state index in [9.17, 15) is 39.6 Å². The fourth-order valence-electron chi connectivity index (χ4n) is 3.09. The van der Waals surface area contributed by atoms with Gasteiger partial charge in [0.2, 0.25) is 5.88 Å². The van der Waals surface area contributed by atoms with Crippen molar-refractivity contribution in [2.24, 2.45) is 0 Å². The molecular formula is C22H19F6N5O5S. The normalized spacial score (nSPS) is 12.4. The molecule has 0 fully saturated rings. The molecule has 10 nitrogen and oxygen atoms in total. The minimum Gasteiger partial charge on any atom is -0.481 e. The van der Waals surface area contributed by atoms with E-state index in [4.69, 9.17) is 9.47 Å². The van der Waals surface area contributed by atoms with Gasteiger partial charge in [0.25, 0.3) is 15.9 Å². The van der Waals surface area contributed by atoms with E-state index in [1.807, 2.05) is 0 Å². The summed E-state index contributed by atoms with van der Waals surface area (Å²) in [6.07, 6.45) is -12.2. The number of hydrogen-bond donors (Lipinski definition) is 3. The minimum atomic E-state index is -6.08. The van der Waals surface area contributed by atoms with Crippen molar-refractivity contribution in [2.45, 2.75) is 22.9 Å². The van der Waals surface area contributed by atoms with Crippen molar-refractivity contribution in [1.29, 1.82) is 0 Å². The number of benzene rings is 2. The Balaban J connectivity index is 1.93. The van der Waals surface area contributed by atoms with Gasteiger partial charge in [0.05, 0.1) is 19.1 Å². The molecule has 17 heteroatoms. The fraction of sp³-hybridized carbons (Fsp3) is 0.227. The van der Waals surface area contributed by atoms with Gasteiger partial charge in [0.15, 0.2) is 5.82 Å². The van der Waals surface area contributed by atoms with Crippen molar-refractivity contribution in [3.05, 3.63) is 66.2 Å². The van der Waals surface area contributed by atoms with Crippen LogP contribution in [-0.2, 0) is 10.0 Å². The molecule has 1 amide bonds. The van der Waals surface area contributed by atoms with Gasteiger partial charge in [0, 0.05) is 17.3 Å². The summed E-state index contributed by atoms with van der Waals surface area (Å²) in [6, 6.07) is 9.66. The number of alkyl halides is 6. The maximum atomic E-state index is 13.9. The van der Waals surface area contributed by atoms with E-state index in [1.54, 1.807) is 0 Å². The van der Waals surface area contributed by atoms with Gasteiger partial charge in [-0.1, -0.05) is 18.2 Å². The van der Waals surface area contributed by atoms with Gasteiger partial charge < -0.3 is 20.1 Å². The summed E-state index contributed by atoms with van der Waals surface area (Å²) in [5.41, 5.74) is -6.18. The van der Waals surface area contributed by atoms with Gasteiger partial charge >= 0.3 is 24.0 Å². The Kier molecular flexibility index (Phi) is 8.13. The molecule has 1 heterocycles. The molecule has 3 rings (SSSR count). The number of carbonyl (C=O) groups is 1. The van der Waals surface area contributed by atoms with Gasteiger partial charge in [-0.05, 0) is 36.4 Å². The van der Waals surface area contributed by atoms with Crippen LogP contribution in [0, 0.1) is 0 Å². The van der Waals surface area contributed by atoms with Gasteiger partial charge in [-0.3, -0.25) is 9.52 Å². The van der Waals surface area contributed by atoms with Crippen LogP contribution in [0.3, 0.4) is 0 Å². The highest BCUT2D eigenvalue weighted by Gasteiger charge is 2.72. The zero-order valence-electron chi connectivity index (χ0n) is 19.9. The lowest BCUT2D eigenvalue weighted by atomic mass is 10.1. The molecule has 0 saturated carbocycles. The Morgan fingerprint density at radius 1 is 0.846 bits per heavy atom. The molecule has 0 unspecified atom stereocenters. The summed E-state index contributed by atoms with van der Waals surface area (Å²) in [4.78, 5) is 19.4. The van der Waals surface area contributed by atoms with Crippen LogP contribution in [0.5, 0.6) is 11.9 Å². The number of ether oxygens (including phenoxy) is 2. The van der Waals surface area contributed by atoms with Crippen molar-refractivity contribution in [2.75, 3.05) is 24.3 Å². The topological polar surface area (TPSA) is 132 Å². The molecule has 0 spiro atoms. The van der Waals surface area contributed by atoms with E-state index >= 15 is 0 Å². The fourth-order valence-corrected chi connectivity index (χ4v) is 4.08. The Hall–Kier alpha value is -4.28. The van der Waals surface area contributed by atoms with Crippen molar-refractivity contribution in [3.8, 4) is 11.9 Å². The average Bonchev–Trinajstić information content (AvgIpc) is 2.87. The third kappa shape index (κ3) is 6.42. The smallest absolute Gasteiger partial charge is 0.439 e. The predicted molar refractivity (Wildman–Crippen MR) is 125 cm³/mol. The number of hydrogen-bond acceptors (Lipinski definition) is 8. The summed E-state index contributed by atoms with van der Waals surface area (Å²) in [6.45, 7) is 0. The zero-order valence-corrected chi connectivity index (χ0v) is 20.7. The first kappa shape index (κ1) is 29.3. The Bertz CT molecular complexity index is 1380. The first-order valence-corrected chi connectivity index (χ1v) is 12.0. The first-order chi connectivity index (χ1) is 18.1. The molecule has 0 aliphatic heterocycles. The molecule has 0 aliphatic carbocycles. The molecule has 0 aliphatic rings. The van der Waals surface area contributed by atoms with Crippen LogP contribution in [0.2, 0.25) is 0 Å². The number of sulfonamides is 1. The van der Waals surface area contributed by atoms with Crippen LogP contribution >= 0.6 is 0 Å². The molecule has 0 saturated heterocycles. The van der Waals surface area contributed by atoms with E-state index in [1.165, 1.54) is 37.7 Å². The number of anilines is 2. The van der Waals surface area contributed by atoms with Crippen LogP contribution in [0.25, 0.3) is 0 Å². The standard InChI is InChI=1S/C22H19F6N5O5S/c1-37-17-12-16(29-19(30-17)38-2)33-39(35,36)15-10-8-14(9-11-15)31-20(21(23,24)25,22(26,27)28)32-18(34)13-6-4-3-5-7-13/h3-12,31H,1-2H3,(H,32,34)(H,29,30,33). The van der Waals surface area contributed by atoms with Crippen molar-refractivity contribution >= 4 is 27.4 Å². The summed E-state index contributed by atoms with van der Waals surface area (Å²) in [5, 5.41) is 2.29. The highest BCUT2D eigenvalue weighted by atomic mass is 32.2. The summed E-state index contributed by atoms with van der Waals surface area (Å²) in [5.74, 6) is -2.01. The number of amides is 1. The number of rotatable bonds is 9. The highest BCUT2D eigenvalue weighted by molar-refractivity contribution is 7.92. The number of nitrogens with zero attached hydrogens (tertiary/aromatic N) is 2. The molecule has 0 bridgehead atoms. The van der Waals surface area contributed by atoms with Crippen molar-refractivity contribution < 1.29 is 49.0 Å². The Morgan fingerprint density at radius 2 is 1.44 bits per heavy atom. The van der Waals surface area contributed by atoms with Gasteiger partial charge in [-0.2, -0.15) is 36.3 Å². The third-order valence-electron chi connectivity index (χ3n) is 5.00. The molecule has 0 radical (unpaired) electrons. The van der Waals surface area contributed by atoms with Crippen LogP contribution in [-0.4, -0.2) is 56.5 Å². The van der Waals surface area contributed by atoms with Crippen LogP contribution in [0.15, 0.2) is 65.6 Å². The summed E-state index contributed by atoms with van der Waals surface area (Å²) >= 11 is 0. The van der Waals surface area contributed by atoms with E-state index in [-0.39, 0.29) is 17.7 Å². The lowest BCUT2D eigenvalue weighted by Crippen LogP contribution is -2.72. The third-order valence-corrected chi connectivity index (χ3v) is 6.37. The zero-order chi connectivity index (χ0) is 29.1. The number of aromatic nitrogens is 2. The Morgan fingerprint density at radius 3 is 1.95 bits per heavy atom. The van der Waals surface area contributed by atoms with Gasteiger partial charge in [0.1, 0.15) is 0 Å². The number of methoxy groups -OCH3 is 2. The van der Waals surface area contributed by atoms with E-state index in [0.29, 0.717) is 12.1 Å². The largest absolute Gasteiger partial charge is 0.481 e. The molecule has 39 heavy (non-hydrogen) atoms. The minimum absolute atomic E-state index is 0.0627. The molecule has 2 aromatic carbocycles. The van der Waals surface area contributed by atoms with E-state index in [0.717, 1.165) is 35.6 Å². The molecule has 3 aromatic rings.